The van der Waals surface area contributed by atoms with E-state index >= 15 is 0 Å². The fourth-order valence-electron chi connectivity index (χ4n) is 4.81. The molecule has 41 heavy (non-hydrogen) atoms. The Morgan fingerprint density at radius 3 is 2.44 bits per heavy atom. The molecule has 1 heterocycles. The lowest BCUT2D eigenvalue weighted by Crippen LogP contribution is -2.60. The van der Waals surface area contributed by atoms with Crippen LogP contribution in [0.5, 0.6) is 5.75 Å². The van der Waals surface area contributed by atoms with Crippen molar-refractivity contribution in [2.24, 2.45) is 5.92 Å². The van der Waals surface area contributed by atoms with Crippen LogP contribution in [-0.2, 0) is 27.2 Å². The van der Waals surface area contributed by atoms with Crippen LogP contribution in [-0.4, -0.2) is 80.6 Å². The normalized spacial score (nSPS) is 23.5. The van der Waals surface area contributed by atoms with Crippen molar-refractivity contribution in [2.45, 2.75) is 64.2 Å². The highest BCUT2D eigenvalue weighted by Crippen LogP contribution is 2.20. The van der Waals surface area contributed by atoms with Crippen molar-refractivity contribution in [3.05, 3.63) is 65.5 Å². The number of para-hydroxylation sites is 1. The first-order valence-corrected chi connectivity index (χ1v) is 14.3. The predicted octanol–water partition coefficient (Wildman–Crippen LogP) is 2.04. The summed E-state index contributed by atoms with van der Waals surface area (Å²) < 4.78 is 20.1. The van der Waals surface area contributed by atoms with Crippen LogP contribution in [0.1, 0.15) is 38.3 Å². The number of benzene rings is 2. The van der Waals surface area contributed by atoms with Crippen molar-refractivity contribution in [1.29, 1.82) is 0 Å². The lowest BCUT2D eigenvalue weighted by atomic mass is 10.00. The minimum absolute atomic E-state index is 0.211. The fourth-order valence-corrected chi connectivity index (χ4v) is 4.81. The topological polar surface area (TPSA) is 112 Å². The molecule has 0 radical (unpaired) electrons. The number of aryl methyl sites for hydroxylation is 1. The van der Waals surface area contributed by atoms with Gasteiger partial charge in [0.05, 0.1) is 6.04 Å². The molecule has 4 atom stereocenters. The van der Waals surface area contributed by atoms with Gasteiger partial charge in [0.2, 0.25) is 17.7 Å². The summed E-state index contributed by atoms with van der Waals surface area (Å²) in [5.74, 6) is -1.01. The van der Waals surface area contributed by atoms with Gasteiger partial charge in [-0.2, -0.15) is 0 Å². The van der Waals surface area contributed by atoms with Gasteiger partial charge in [-0.1, -0.05) is 44.2 Å². The standard InChI is InChI=1S/C31H44FN5O4/c1-20(2)28-31(40)35-26(18-37(4)5)29(38)33-15-9-12-23-11-6-7-14-27(23)41-19-21(3)34-25(30(39)36-28)17-22-10-8-13-24(32)16-22/h6-8,10-11,13-14,16,20-21,25-26,28,34H,9,12,15,17-19H2,1-5H3,(H,33,38)(H,35,40)(H,36,39)/t21-,25+,26-,28+/m0/s1. The molecule has 0 aromatic heterocycles. The summed E-state index contributed by atoms with van der Waals surface area (Å²) in [6.07, 6.45) is 1.61. The molecule has 4 N–H and O–H groups in total. The minimum Gasteiger partial charge on any atom is -0.492 e. The van der Waals surface area contributed by atoms with E-state index in [0.717, 1.165) is 11.3 Å². The third-order valence-corrected chi connectivity index (χ3v) is 6.94. The second kappa shape index (κ2) is 15.5. The van der Waals surface area contributed by atoms with Crippen molar-refractivity contribution >= 4 is 17.7 Å². The fraction of sp³-hybridized carbons (Fsp3) is 0.516. The Kier molecular flexibility index (Phi) is 12.1. The van der Waals surface area contributed by atoms with Crippen LogP contribution in [0.4, 0.5) is 4.39 Å². The van der Waals surface area contributed by atoms with E-state index in [1.165, 1.54) is 12.1 Å². The molecule has 2 aromatic carbocycles. The van der Waals surface area contributed by atoms with E-state index in [2.05, 4.69) is 21.3 Å². The number of halogens is 1. The number of likely N-dealkylation sites (N-methyl/N-ethyl adjacent to an activating group) is 1. The first-order valence-electron chi connectivity index (χ1n) is 14.3. The zero-order chi connectivity index (χ0) is 29.9. The molecule has 0 saturated carbocycles. The van der Waals surface area contributed by atoms with Crippen molar-refractivity contribution in [3.8, 4) is 5.75 Å². The van der Waals surface area contributed by atoms with Crippen LogP contribution in [0.25, 0.3) is 0 Å². The average Bonchev–Trinajstić information content (AvgIpc) is 2.91. The molecule has 0 spiro atoms. The third-order valence-electron chi connectivity index (χ3n) is 6.94. The molecule has 224 valence electrons. The van der Waals surface area contributed by atoms with Gasteiger partial charge in [-0.15, -0.1) is 0 Å². The summed E-state index contributed by atoms with van der Waals surface area (Å²) in [5, 5.41) is 12.0. The molecular weight excluding hydrogens is 525 g/mol. The smallest absolute Gasteiger partial charge is 0.243 e. The van der Waals surface area contributed by atoms with Crippen LogP contribution in [0.2, 0.25) is 0 Å². The summed E-state index contributed by atoms with van der Waals surface area (Å²) in [6.45, 7) is 6.62. The molecule has 10 heteroatoms. The Labute approximate surface area is 242 Å². The highest BCUT2D eigenvalue weighted by Gasteiger charge is 2.31. The Morgan fingerprint density at radius 2 is 1.73 bits per heavy atom. The van der Waals surface area contributed by atoms with Crippen LogP contribution in [0.3, 0.4) is 0 Å². The maximum absolute atomic E-state index is 14.0. The largest absolute Gasteiger partial charge is 0.492 e. The molecule has 1 aliphatic rings. The second-order valence-electron chi connectivity index (χ2n) is 11.3. The van der Waals surface area contributed by atoms with Crippen LogP contribution in [0.15, 0.2) is 48.5 Å². The third kappa shape index (κ3) is 10.1. The number of ether oxygens (including phenoxy) is 1. The zero-order valence-electron chi connectivity index (χ0n) is 24.7. The van der Waals surface area contributed by atoms with Gasteiger partial charge >= 0.3 is 0 Å². The number of carbonyl (C=O) groups excluding carboxylic acids is 3. The summed E-state index contributed by atoms with van der Waals surface area (Å²) >= 11 is 0. The van der Waals surface area contributed by atoms with E-state index in [-0.39, 0.29) is 30.1 Å². The first-order chi connectivity index (χ1) is 19.5. The molecular formula is C31H44FN5O4. The van der Waals surface area contributed by atoms with E-state index in [4.69, 9.17) is 4.74 Å². The Bertz CT molecular complexity index is 1170. The summed E-state index contributed by atoms with van der Waals surface area (Å²) in [7, 11) is 3.65. The van der Waals surface area contributed by atoms with Crippen molar-refractivity contribution < 1.29 is 23.5 Å². The first kappa shape index (κ1) is 32.0. The van der Waals surface area contributed by atoms with Gasteiger partial charge in [0.15, 0.2) is 0 Å². The van der Waals surface area contributed by atoms with E-state index in [0.29, 0.717) is 38.1 Å². The number of nitrogens with one attached hydrogen (secondary N) is 4. The van der Waals surface area contributed by atoms with E-state index < -0.39 is 29.9 Å². The molecule has 0 fully saturated rings. The molecule has 1 aliphatic heterocycles. The lowest BCUT2D eigenvalue weighted by molar-refractivity contribution is -0.133. The maximum Gasteiger partial charge on any atom is 0.243 e. The molecule has 0 saturated heterocycles. The molecule has 9 nitrogen and oxygen atoms in total. The number of hydrogen-bond acceptors (Lipinski definition) is 6. The monoisotopic (exact) mass is 569 g/mol. The molecule has 0 aliphatic carbocycles. The van der Waals surface area contributed by atoms with Crippen LogP contribution in [0, 0.1) is 11.7 Å². The zero-order valence-corrected chi connectivity index (χ0v) is 24.7. The molecule has 2 aromatic rings. The van der Waals surface area contributed by atoms with Crippen LogP contribution >= 0.6 is 0 Å². The number of hydrogen-bond donors (Lipinski definition) is 4. The summed E-state index contributed by atoms with van der Waals surface area (Å²) in [5.41, 5.74) is 1.66. The Morgan fingerprint density at radius 1 is 0.976 bits per heavy atom. The molecule has 3 rings (SSSR count). The molecule has 0 bridgehead atoms. The van der Waals surface area contributed by atoms with E-state index in [1.807, 2.05) is 64.0 Å². The van der Waals surface area contributed by atoms with Crippen molar-refractivity contribution in [1.82, 2.24) is 26.2 Å². The molecule has 3 amide bonds. The molecule has 0 unspecified atom stereocenters. The number of amides is 3. The van der Waals surface area contributed by atoms with Gasteiger partial charge in [-0.25, -0.2) is 4.39 Å². The van der Waals surface area contributed by atoms with Crippen LogP contribution < -0.4 is 26.0 Å². The SMILES string of the molecule is CC(C)[C@H]1NC(=O)[C@@H](Cc2cccc(F)c2)N[C@@H](C)COc2ccccc2CCCNC(=O)[C@H](CN(C)C)NC1=O. The number of carbonyl (C=O) groups is 3. The van der Waals surface area contributed by atoms with Gasteiger partial charge in [-0.05, 0) is 75.5 Å². The van der Waals surface area contributed by atoms with E-state index in [9.17, 15) is 18.8 Å². The highest BCUT2D eigenvalue weighted by atomic mass is 19.1. The summed E-state index contributed by atoms with van der Waals surface area (Å²) in [4.78, 5) is 42.0. The average molecular weight is 570 g/mol. The van der Waals surface area contributed by atoms with Gasteiger partial charge in [0, 0.05) is 19.1 Å². The highest BCUT2D eigenvalue weighted by molar-refractivity contribution is 5.93. The van der Waals surface area contributed by atoms with E-state index in [1.54, 1.807) is 12.1 Å². The number of rotatable bonds is 5. The van der Waals surface area contributed by atoms with Crippen molar-refractivity contribution in [2.75, 3.05) is 33.8 Å². The number of nitrogens with zero attached hydrogens (tertiary/aromatic N) is 1. The number of fused-ring (bicyclic) bond motifs is 1. The van der Waals surface area contributed by atoms with Gasteiger partial charge in [-0.3, -0.25) is 19.7 Å². The quantitative estimate of drug-likeness (QED) is 0.439. The lowest BCUT2D eigenvalue weighted by Gasteiger charge is -2.29. The predicted molar refractivity (Wildman–Crippen MR) is 157 cm³/mol. The Balaban J connectivity index is 1.91. The summed E-state index contributed by atoms with van der Waals surface area (Å²) in [6, 6.07) is 11.2. The van der Waals surface area contributed by atoms with Crippen molar-refractivity contribution in [3.63, 3.8) is 0 Å². The van der Waals surface area contributed by atoms with Gasteiger partial charge in [0.1, 0.15) is 30.3 Å². The van der Waals surface area contributed by atoms with Gasteiger partial charge < -0.3 is 25.6 Å². The minimum atomic E-state index is -0.880. The second-order valence-corrected chi connectivity index (χ2v) is 11.3. The maximum atomic E-state index is 14.0. The van der Waals surface area contributed by atoms with Gasteiger partial charge in [0.25, 0.3) is 0 Å². The Hall–Kier alpha value is -3.50.